The third kappa shape index (κ3) is 3.79. The second kappa shape index (κ2) is 6.68. The van der Waals surface area contributed by atoms with Gasteiger partial charge in [-0.15, -0.1) is 0 Å². The summed E-state index contributed by atoms with van der Waals surface area (Å²) in [6.07, 6.45) is 8.78. The standard InChI is InChI=1S/C10H13N3O.C9H12N4/c1-10(2,3)13-6-12-8-7(14)4-5-11-9(8)13;1-9(2,3)13-6-12-7-4-10-5-11-8(7)13/h5-6H,4H2,1-3H3;4-6H,1-3H3. The number of aliphatic imine (C=N–C) groups is 1. The van der Waals surface area contributed by atoms with Gasteiger partial charge in [0.1, 0.15) is 11.8 Å². The molecule has 1 aliphatic heterocycles. The lowest BCUT2D eigenvalue weighted by Crippen LogP contribution is -2.21. The lowest BCUT2D eigenvalue weighted by atomic mass is 10.1. The van der Waals surface area contributed by atoms with E-state index in [1.807, 2.05) is 9.13 Å². The Balaban J connectivity index is 0.000000156. The minimum atomic E-state index is -0.0878. The number of Topliss-reactive ketones (excluding diaryl/α,β-unsaturated/α-hetero) is 1. The summed E-state index contributed by atoms with van der Waals surface area (Å²) in [5.74, 6) is 0.742. The number of fused-ring (bicyclic) bond motifs is 2. The highest BCUT2D eigenvalue weighted by Crippen LogP contribution is 2.28. The monoisotopic (exact) mass is 367 g/mol. The molecule has 8 heteroatoms. The van der Waals surface area contributed by atoms with Gasteiger partial charge < -0.3 is 9.13 Å². The van der Waals surface area contributed by atoms with E-state index in [1.165, 1.54) is 0 Å². The molecule has 3 aromatic heterocycles. The van der Waals surface area contributed by atoms with E-state index < -0.39 is 0 Å². The average Bonchev–Trinajstić information content (AvgIpc) is 3.19. The first kappa shape index (κ1) is 18.9. The van der Waals surface area contributed by atoms with Gasteiger partial charge in [0, 0.05) is 23.7 Å². The van der Waals surface area contributed by atoms with E-state index in [-0.39, 0.29) is 16.9 Å². The number of ketones is 1. The van der Waals surface area contributed by atoms with Crippen molar-refractivity contribution in [3.8, 4) is 0 Å². The minimum absolute atomic E-state index is 0.0170. The zero-order valence-electron chi connectivity index (χ0n) is 16.6. The molecule has 142 valence electrons. The third-order valence-corrected chi connectivity index (χ3v) is 4.16. The van der Waals surface area contributed by atoms with Gasteiger partial charge in [-0.05, 0) is 41.5 Å². The van der Waals surface area contributed by atoms with Gasteiger partial charge in [0.05, 0.1) is 18.9 Å². The summed E-state index contributed by atoms with van der Waals surface area (Å²) in [4.78, 5) is 32.1. The summed E-state index contributed by atoms with van der Waals surface area (Å²) in [7, 11) is 0. The Morgan fingerprint density at radius 1 is 0.926 bits per heavy atom. The number of hydrogen-bond donors (Lipinski definition) is 0. The van der Waals surface area contributed by atoms with Crippen molar-refractivity contribution >= 4 is 29.0 Å². The van der Waals surface area contributed by atoms with Crippen LogP contribution in [0, 0.1) is 0 Å². The zero-order valence-corrected chi connectivity index (χ0v) is 16.6. The molecular weight excluding hydrogens is 342 g/mol. The predicted octanol–water partition coefficient (Wildman–Crippen LogP) is 3.51. The summed E-state index contributed by atoms with van der Waals surface area (Å²) in [6.45, 7) is 12.5. The molecule has 1 aliphatic rings. The Kier molecular flexibility index (Phi) is 4.67. The average molecular weight is 367 g/mol. The predicted molar refractivity (Wildman–Crippen MR) is 105 cm³/mol. The van der Waals surface area contributed by atoms with E-state index in [4.69, 9.17) is 0 Å². The molecule has 0 atom stereocenters. The maximum Gasteiger partial charge on any atom is 0.190 e. The number of nitrogens with zero attached hydrogens (tertiary/aromatic N) is 7. The van der Waals surface area contributed by atoms with Crippen LogP contribution in [-0.2, 0) is 11.1 Å². The van der Waals surface area contributed by atoms with E-state index in [2.05, 4.69) is 66.5 Å². The zero-order chi connectivity index (χ0) is 19.8. The molecule has 0 saturated heterocycles. The SMILES string of the molecule is CC(C)(C)n1cnc2c1N=CCC2=O.CC(C)(C)n1cnc2cncnc21. The van der Waals surface area contributed by atoms with Crippen LogP contribution in [0.3, 0.4) is 0 Å². The van der Waals surface area contributed by atoms with Gasteiger partial charge in [0.15, 0.2) is 22.9 Å². The van der Waals surface area contributed by atoms with Crippen LogP contribution in [0.2, 0.25) is 0 Å². The van der Waals surface area contributed by atoms with E-state index >= 15 is 0 Å². The molecule has 0 amide bonds. The van der Waals surface area contributed by atoms with E-state index in [0.29, 0.717) is 17.9 Å². The Morgan fingerprint density at radius 3 is 2.26 bits per heavy atom. The summed E-state index contributed by atoms with van der Waals surface area (Å²) < 4.78 is 3.97. The van der Waals surface area contributed by atoms with E-state index in [9.17, 15) is 4.79 Å². The van der Waals surface area contributed by atoms with Crippen molar-refractivity contribution in [3.63, 3.8) is 0 Å². The van der Waals surface area contributed by atoms with Gasteiger partial charge in [0.25, 0.3) is 0 Å². The first-order valence-corrected chi connectivity index (χ1v) is 8.86. The molecule has 8 nitrogen and oxygen atoms in total. The van der Waals surface area contributed by atoms with Crippen LogP contribution in [0.5, 0.6) is 0 Å². The Labute approximate surface area is 158 Å². The van der Waals surface area contributed by atoms with E-state index in [1.54, 1.807) is 31.4 Å². The Hall–Kier alpha value is -2.90. The summed E-state index contributed by atoms with van der Waals surface area (Å²) in [5, 5.41) is 0. The number of carbonyl (C=O) groups excluding carboxylic acids is 1. The Bertz CT molecular complexity index is 999. The van der Waals surface area contributed by atoms with Gasteiger partial charge in [-0.25, -0.2) is 24.9 Å². The van der Waals surface area contributed by atoms with Gasteiger partial charge in [-0.1, -0.05) is 0 Å². The largest absolute Gasteiger partial charge is 0.310 e. The molecule has 27 heavy (non-hydrogen) atoms. The molecule has 0 spiro atoms. The van der Waals surface area contributed by atoms with Crippen molar-refractivity contribution in [2.24, 2.45) is 4.99 Å². The van der Waals surface area contributed by atoms with Crippen LogP contribution >= 0.6 is 0 Å². The van der Waals surface area contributed by atoms with Crippen LogP contribution < -0.4 is 0 Å². The second-order valence-electron chi connectivity index (χ2n) is 8.41. The molecule has 0 saturated carbocycles. The quantitative estimate of drug-likeness (QED) is 0.606. The fourth-order valence-corrected chi connectivity index (χ4v) is 2.72. The third-order valence-electron chi connectivity index (χ3n) is 4.16. The van der Waals surface area contributed by atoms with Crippen LogP contribution in [0.25, 0.3) is 11.2 Å². The summed E-state index contributed by atoms with van der Waals surface area (Å²) >= 11 is 0. The number of carbonyl (C=O) groups is 1. The number of imidazole rings is 2. The molecule has 3 aromatic rings. The first-order valence-electron chi connectivity index (χ1n) is 8.86. The first-order chi connectivity index (χ1) is 12.6. The molecule has 4 heterocycles. The highest BCUT2D eigenvalue weighted by Gasteiger charge is 2.25. The fourth-order valence-electron chi connectivity index (χ4n) is 2.72. The molecule has 0 radical (unpaired) electrons. The number of rotatable bonds is 0. The maximum atomic E-state index is 11.5. The van der Waals surface area contributed by atoms with Crippen LogP contribution in [-0.4, -0.2) is 41.1 Å². The molecule has 0 unspecified atom stereocenters. The van der Waals surface area contributed by atoms with Crippen molar-refractivity contribution in [3.05, 3.63) is 30.9 Å². The fraction of sp³-hybridized carbons (Fsp3) is 0.474. The second-order valence-corrected chi connectivity index (χ2v) is 8.41. The van der Waals surface area contributed by atoms with Crippen molar-refractivity contribution < 1.29 is 4.79 Å². The summed E-state index contributed by atoms with van der Waals surface area (Å²) in [6, 6.07) is 0. The van der Waals surface area contributed by atoms with Gasteiger partial charge >= 0.3 is 0 Å². The van der Waals surface area contributed by atoms with Crippen molar-refractivity contribution in [2.75, 3.05) is 0 Å². The molecule has 0 bridgehead atoms. The van der Waals surface area contributed by atoms with Gasteiger partial charge in [-0.2, -0.15) is 0 Å². The molecule has 0 N–H and O–H groups in total. The van der Waals surface area contributed by atoms with Crippen LogP contribution in [0.15, 0.2) is 30.2 Å². The van der Waals surface area contributed by atoms with Crippen LogP contribution in [0.4, 0.5) is 5.82 Å². The van der Waals surface area contributed by atoms with Crippen molar-refractivity contribution in [1.29, 1.82) is 0 Å². The Morgan fingerprint density at radius 2 is 1.59 bits per heavy atom. The molecular formula is C19H25N7O. The highest BCUT2D eigenvalue weighted by atomic mass is 16.1. The molecule has 0 aromatic carbocycles. The molecule has 0 fully saturated rings. The summed E-state index contributed by atoms with van der Waals surface area (Å²) in [5.41, 5.74) is 2.17. The molecule has 4 rings (SSSR count). The number of aromatic nitrogens is 6. The normalized spacial score (nSPS) is 14.1. The van der Waals surface area contributed by atoms with Crippen LogP contribution in [0.1, 0.15) is 58.5 Å². The minimum Gasteiger partial charge on any atom is -0.310 e. The van der Waals surface area contributed by atoms with Gasteiger partial charge in [0.2, 0.25) is 0 Å². The van der Waals surface area contributed by atoms with Crippen molar-refractivity contribution in [1.82, 2.24) is 29.1 Å². The lowest BCUT2D eigenvalue weighted by molar-refractivity contribution is 0.0996. The van der Waals surface area contributed by atoms with Gasteiger partial charge in [-0.3, -0.25) is 4.79 Å². The van der Waals surface area contributed by atoms with Crippen molar-refractivity contribution in [2.45, 2.75) is 59.0 Å². The smallest absolute Gasteiger partial charge is 0.190 e. The highest BCUT2D eigenvalue weighted by molar-refractivity contribution is 6.08. The number of hydrogen-bond acceptors (Lipinski definition) is 6. The van der Waals surface area contributed by atoms with E-state index in [0.717, 1.165) is 11.2 Å². The maximum absolute atomic E-state index is 11.5. The lowest BCUT2D eigenvalue weighted by Gasteiger charge is -2.22. The topological polar surface area (TPSA) is 90.8 Å². The molecule has 0 aliphatic carbocycles.